The molecule has 0 heterocycles. The van der Waals surface area contributed by atoms with Crippen LogP contribution in [-0.2, 0) is 16.1 Å². The highest BCUT2D eigenvalue weighted by Gasteiger charge is 2.28. The molecule has 2 rings (SSSR count). The number of rotatable bonds is 7. The highest BCUT2D eigenvalue weighted by Crippen LogP contribution is 2.17. The summed E-state index contributed by atoms with van der Waals surface area (Å²) in [6, 6.07) is 13.1. The molecule has 162 valence electrons. The van der Waals surface area contributed by atoms with Gasteiger partial charge in [-0.2, -0.15) is 0 Å². The zero-order chi connectivity index (χ0) is 22.5. The number of benzene rings is 2. The normalized spacial score (nSPS) is 12.2. The number of carbonyl (C=O) groups is 2. The van der Waals surface area contributed by atoms with Crippen molar-refractivity contribution in [2.24, 2.45) is 0 Å². The largest absolute Gasteiger partial charge is 0.484 e. The van der Waals surface area contributed by atoms with Crippen LogP contribution in [0.25, 0.3) is 0 Å². The fourth-order valence-electron chi connectivity index (χ4n) is 2.98. The summed E-state index contributed by atoms with van der Waals surface area (Å²) in [6.07, 6.45) is 0. The van der Waals surface area contributed by atoms with E-state index >= 15 is 0 Å². The van der Waals surface area contributed by atoms with Gasteiger partial charge in [-0.1, -0.05) is 35.9 Å². The smallest absolute Gasteiger partial charge is 0.261 e. The standard InChI is InChI=1S/C25H34N2O3/c1-17-8-11-21(12-9-17)15-27(20(4)24(29)26-25(5,6)7)23(28)16-30-22-13-10-18(2)19(3)14-22/h8-14,20H,15-16H2,1-7H3,(H,26,29)/t20-/m0/s1. The maximum Gasteiger partial charge on any atom is 0.261 e. The number of hydrogen-bond donors (Lipinski definition) is 1. The highest BCUT2D eigenvalue weighted by molar-refractivity contribution is 5.88. The molecule has 0 radical (unpaired) electrons. The predicted octanol–water partition coefficient (Wildman–Crippen LogP) is 4.32. The molecule has 0 unspecified atom stereocenters. The minimum absolute atomic E-state index is 0.124. The molecule has 0 aliphatic carbocycles. The summed E-state index contributed by atoms with van der Waals surface area (Å²) in [7, 11) is 0. The molecule has 0 bridgehead atoms. The maximum atomic E-state index is 13.1. The molecule has 0 aliphatic heterocycles. The van der Waals surface area contributed by atoms with Gasteiger partial charge < -0.3 is 15.0 Å². The lowest BCUT2D eigenvalue weighted by Crippen LogP contribution is -2.53. The van der Waals surface area contributed by atoms with Crippen molar-refractivity contribution in [3.8, 4) is 5.75 Å². The van der Waals surface area contributed by atoms with Crippen molar-refractivity contribution in [3.63, 3.8) is 0 Å². The van der Waals surface area contributed by atoms with Crippen LogP contribution in [0.1, 0.15) is 49.9 Å². The lowest BCUT2D eigenvalue weighted by atomic mass is 10.1. The number of carbonyl (C=O) groups excluding carboxylic acids is 2. The first-order valence-electron chi connectivity index (χ1n) is 10.3. The first kappa shape index (κ1) is 23.5. The Labute approximate surface area is 180 Å². The fraction of sp³-hybridized carbons (Fsp3) is 0.440. The van der Waals surface area contributed by atoms with Gasteiger partial charge in [-0.25, -0.2) is 0 Å². The fourth-order valence-corrected chi connectivity index (χ4v) is 2.98. The minimum atomic E-state index is -0.624. The lowest BCUT2D eigenvalue weighted by molar-refractivity contribution is -0.142. The summed E-state index contributed by atoms with van der Waals surface area (Å²) in [4.78, 5) is 27.4. The second-order valence-electron chi connectivity index (χ2n) is 8.96. The van der Waals surface area contributed by atoms with Gasteiger partial charge in [-0.05, 0) is 77.3 Å². The number of amides is 2. The summed E-state index contributed by atoms with van der Waals surface area (Å²) >= 11 is 0. The first-order chi connectivity index (χ1) is 14.0. The Kier molecular flexibility index (Phi) is 7.65. The minimum Gasteiger partial charge on any atom is -0.484 e. The SMILES string of the molecule is Cc1ccc(CN(C(=O)COc2ccc(C)c(C)c2)[C@@H](C)C(=O)NC(C)(C)C)cc1. The van der Waals surface area contributed by atoms with Crippen LogP contribution in [0.3, 0.4) is 0 Å². The molecule has 1 atom stereocenters. The Balaban J connectivity index is 2.17. The second-order valence-corrected chi connectivity index (χ2v) is 8.96. The zero-order valence-corrected chi connectivity index (χ0v) is 19.2. The molecule has 0 aliphatic rings. The quantitative estimate of drug-likeness (QED) is 0.739. The van der Waals surface area contributed by atoms with Crippen LogP contribution in [-0.4, -0.2) is 34.9 Å². The summed E-state index contributed by atoms with van der Waals surface area (Å²) in [5, 5.41) is 2.96. The number of aryl methyl sites for hydroxylation is 3. The Hall–Kier alpha value is -2.82. The third kappa shape index (κ3) is 6.90. The van der Waals surface area contributed by atoms with E-state index in [4.69, 9.17) is 4.74 Å². The van der Waals surface area contributed by atoms with Gasteiger partial charge in [0.25, 0.3) is 5.91 Å². The number of nitrogens with zero attached hydrogens (tertiary/aromatic N) is 1. The van der Waals surface area contributed by atoms with E-state index in [0.717, 1.165) is 16.7 Å². The van der Waals surface area contributed by atoms with Gasteiger partial charge in [0.15, 0.2) is 6.61 Å². The Morgan fingerprint density at radius 3 is 2.20 bits per heavy atom. The van der Waals surface area contributed by atoms with E-state index in [1.165, 1.54) is 5.56 Å². The molecule has 5 nitrogen and oxygen atoms in total. The second kappa shape index (κ2) is 9.79. The average molecular weight is 411 g/mol. The van der Waals surface area contributed by atoms with E-state index in [0.29, 0.717) is 12.3 Å². The van der Waals surface area contributed by atoms with Gasteiger partial charge in [0.2, 0.25) is 5.91 Å². The van der Waals surface area contributed by atoms with Crippen molar-refractivity contribution in [2.75, 3.05) is 6.61 Å². The molecule has 0 fully saturated rings. The summed E-state index contributed by atoms with van der Waals surface area (Å²) < 4.78 is 5.75. The molecular weight excluding hydrogens is 376 g/mol. The maximum absolute atomic E-state index is 13.1. The van der Waals surface area contributed by atoms with Gasteiger partial charge in [0.05, 0.1) is 0 Å². The van der Waals surface area contributed by atoms with Crippen molar-refractivity contribution in [1.29, 1.82) is 0 Å². The molecule has 5 heteroatoms. The van der Waals surface area contributed by atoms with Crippen molar-refractivity contribution in [2.45, 2.75) is 66.6 Å². The van der Waals surface area contributed by atoms with Crippen LogP contribution in [0.15, 0.2) is 42.5 Å². The van der Waals surface area contributed by atoms with Crippen molar-refractivity contribution in [1.82, 2.24) is 10.2 Å². The van der Waals surface area contributed by atoms with Crippen molar-refractivity contribution < 1.29 is 14.3 Å². The molecule has 0 aromatic heterocycles. The third-order valence-corrected chi connectivity index (χ3v) is 4.98. The Bertz CT molecular complexity index is 882. The molecular formula is C25H34N2O3. The van der Waals surface area contributed by atoms with Crippen molar-refractivity contribution in [3.05, 3.63) is 64.7 Å². The van der Waals surface area contributed by atoms with Crippen LogP contribution in [0, 0.1) is 20.8 Å². The molecule has 0 saturated carbocycles. The molecule has 0 saturated heterocycles. The molecule has 1 N–H and O–H groups in total. The molecule has 2 amide bonds. The number of nitrogens with one attached hydrogen (secondary N) is 1. The zero-order valence-electron chi connectivity index (χ0n) is 19.2. The summed E-state index contributed by atoms with van der Waals surface area (Å²) in [5.41, 5.74) is 4.01. The third-order valence-electron chi connectivity index (χ3n) is 4.98. The Morgan fingerprint density at radius 2 is 1.63 bits per heavy atom. The number of ether oxygens (including phenoxy) is 1. The summed E-state index contributed by atoms with van der Waals surface area (Å²) in [5.74, 6) is 0.230. The van der Waals surface area contributed by atoms with E-state index in [-0.39, 0.29) is 24.0 Å². The van der Waals surface area contributed by atoms with Crippen LogP contribution in [0.2, 0.25) is 0 Å². The highest BCUT2D eigenvalue weighted by atomic mass is 16.5. The van der Waals surface area contributed by atoms with Gasteiger partial charge in [0, 0.05) is 12.1 Å². The van der Waals surface area contributed by atoms with E-state index in [1.807, 2.05) is 84.0 Å². The van der Waals surface area contributed by atoms with Crippen LogP contribution in [0.4, 0.5) is 0 Å². The van der Waals surface area contributed by atoms with Gasteiger partial charge >= 0.3 is 0 Å². The monoisotopic (exact) mass is 410 g/mol. The molecule has 0 spiro atoms. The van der Waals surface area contributed by atoms with Crippen molar-refractivity contribution >= 4 is 11.8 Å². The first-order valence-corrected chi connectivity index (χ1v) is 10.3. The van der Waals surface area contributed by atoms with E-state index in [1.54, 1.807) is 11.8 Å². The van der Waals surface area contributed by atoms with E-state index in [9.17, 15) is 9.59 Å². The molecule has 30 heavy (non-hydrogen) atoms. The number of hydrogen-bond acceptors (Lipinski definition) is 3. The molecule has 2 aromatic carbocycles. The Morgan fingerprint density at radius 1 is 1.00 bits per heavy atom. The van der Waals surface area contributed by atoms with Gasteiger partial charge in [0.1, 0.15) is 11.8 Å². The van der Waals surface area contributed by atoms with Crippen LogP contribution < -0.4 is 10.1 Å². The van der Waals surface area contributed by atoms with Crippen LogP contribution >= 0.6 is 0 Å². The topological polar surface area (TPSA) is 58.6 Å². The van der Waals surface area contributed by atoms with Gasteiger partial charge in [-0.3, -0.25) is 9.59 Å². The van der Waals surface area contributed by atoms with E-state index in [2.05, 4.69) is 5.32 Å². The van der Waals surface area contributed by atoms with E-state index < -0.39 is 6.04 Å². The lowest BCUT2D eigenvalue weighted by Gasteiger charge is -2.31. The predicted molar refractivity (Wildman–Crippen MR) is 120 cm³/mol. The van der Waals surface area contributed by atoms with Gasteiger partial charge in [-0.15, -0.1) is 0 Å². The summed E-state index contributed by atoms with van der Waals surface area (Å²) in [6.45, 7) is 13.8. The molecule has 2 aromatic rings. The van der Waals surface area contributed by atoms with Crippen LogP contribution in [0.5, 0.6) is 5.75 Å². The average Bonchev–Trinajstić information content (AvgIpc) is 2.66.